The fraction of sp³-hybridized carbons (Fsp3) is 0.688. The first-order valence-corrected chi connectivity index (χ1v) is 7.64. The summed E-state index contributed by atoms with van der Waals surface area (Å²) in [5.41, 5.74) is 1.08. The van der Waals surface area contributed by atoms with Gasteiger partial charge in [-0.15, -0.1) is 0 Å². The maximum absolute atomic E-state index is 12.7. The van der Waals surface area contributed by atoms with Crippen molar-refractivity contribution in [3.05, 3.63) is 24.0 Å². The molecule has 0 aromatic carbocycles. The number of aromatic nitrogens is 1. The van der Waals surface area contributed by atoms with Crippen molar-refractivity contribution >= 4 is 5.91 Å². The number of carbonyl (C=O) groups excluding carboxylic acids is 1. The average molecular weight is 258 g/mol. The highest BCUT2D eigenvalue weighted by Crippen LogP contribution is 2.60. The molecule has 5 rings (SSSR count). The van der Waals surface area contributed by atoms with Crippen molar-refractivity contribution in [3.63, 3.8) is 0 Å². The molecule has 102 valence electrons. The molecule has 1 aromatic heterocycles. The molecule has 0 atom stereocenters. The molecular formula is C16H22N2O. The van der Waals surface area contributed by atoms with Crippen LogP contribution in [0.15, 0.2) is 18.3 Å². The molecule has 0 saturated heterocycles. The Balaban J connectivity index is 1.47. The zero-order valence-electron chi connectivity index (χ0n) is 11.3. The zero-order chi connectivity index (χ0) is 12.9. The van der Waals surface area contributed by atoms with Crippen LogP contribution < -0.4 is 5.32 Å². The van der Waals surface area contributed by atoms with E-state index < -0.39 is 0 Å². The van der Waals surface area contributed by atoms with Crippen LogP contribution in [0.4, 0.5) is 0 Å². The van der Waals surface area contributed by atoms with Gasteiger partial charge in [-0.1, -0.05) is 0 Å². The molecular weight excluding hydrogens is 236 g/mol. The molecule has 4 bridgehead atoms. The molecule has 0 unspecified atom stereocenters. The summed E-state index contributed by atoms with van der Waals surface area (Å²) in [5, 5.41) is 3.17. The van der Waals surface area contributed by atoms with Crippen LogP contribution in [0.5, 0.6) is 0 Å². The van der Waals surface area contributed by atoms with E-state index >= 15 is 0 Å². The monoisotopic (exact) mass is 258 g/mol. The average Bonchev–Trinajstić information content (AvgIpc) is 2.87. The third kappa shape index (κ3) is 1.90. The minimum atomic E-state index is -0.0126. The molecule has 0 aliphatic heterocycles. The van der Waals surface area contributed by atoms with Crippen molar-refractivity contribution in [3.8, 4) is 0 Å². The predicted molar refractivity (Wildman–Crippen MR) is 73.2 cm³/mol. The quantitative estimate of drug-likeness (QED) is 0.860. The van der Waals surface area contributed by atoms with Crippen LogP contribution in [-0.2, 0) is 11.3 Å². The third-order valence-electron chi connectivity index (χ3n) is 5.62. The summed E-state index contributed by atoms with van der Waals surface area (Å²) in [4.78, 5) is 15.8. The van der Waals surface area contributed by atoms with Crippen molar-refractivity contribution in [2.45, 2.75) is 45.1 Å². The van der Waals surface area contributed by atoms with E-state index in [2.05, 4.69) is 10.3 Å². The molecule has 1 aromatic rings. The Bertz CT molecular complexity index is 442. The van der Waals surface area contributed by atoms with Gasteiger partial charge in [0.1, 0.15) is 0 Å². The lowest BCUT2D eigenvalue weighted by Crippen LogP contribution is -2.53. The zero-order valence-corrected chi connectivity index (χ0v) is 11.3. The van der Waals surface area contributed by atoms with E-state index in [9.17, 15) is 4.79 Å². The molecule has 3 heteroatoms. The highest BCUT2D eigenvalue weighted by molar-refractivity contribution is 5.83. The van der Waals surface area contributed by atoms with Crippen LogP contribution in [-0.4, -0.2) is 10.9 Å². The SMILES string of the molecule is O=C(NCc1ccc[nH]1)C12CC3CC(CC(C3)C1)C2. The van der Waals surface area contributed by atoms with Gasteiger partial charge in [0.25, 0.3) is 0 Å². The lowest BCUT2D eigenvalue weighted by atomic mass is 9.49. The van der Waals surface area contributed by atoms with Gasteiger partial charge in [-0.25, -0.2) is 0 Å². The van der Waals surface area contributed by atoms with Gasteiger partial charge in [0.15, 0.2) is 0 Å². The van der Waals surface area contributed by atoms with Crippen LogP contribution in [0.25, 0.3) is 0 Å². The number of hydrogen-bond acceptors (Lipinski definition) is 1. The Morgan fingerprint density at radius 1 is 1.21 bits per heavy atom. The number of rotatable bonds is 3. The predicted octanol–water partition coefficient (Wildman–Crippen LogP) is 2.85. The van der Waals surface area contributed by atoms with Crippen LogP contribution in [0.1, 0.15) is 44.2 Å². The first kappa shape index (κ1) is 11.6. The molecule has 0 spiro atoms. The third-order valence-corrected chi connectivity index (χ3v) is 5.62. The summed E-state index contributed by atoms with van der Waals surface area (Å²) in [6.07, 6.45) is 9.53. The van der Waals surface area contributed by atoms with E-state index in [1.54, 1.807) is 0 Å². The molecule has 1 heterocycles. The number of nitrogens with one attached hydrogen (secondary N) is 2. The van der Waals surface area contributed by atoms with Crippen molar-refractivity contribution in [2.75, 3.05) is 0 Å². The van der Waals surface area contributed by atoms with Gasteiger partial charge >= 0.3 is 0 Å². The number of carbonyl (C=O) groups is 1. The van der Waals surface area contributed by atoms with Crippen LogP contribution in [0.2, 0.25) is 0 Å². The van der Waals surface area contributed by atoms with Crippen molar-refractivity contribution < 1.29 is 4.79 Å². The maximum Gasteiger partial charge on any atom is 0.226 e. The normalized spacial score (nSPS) is 39.5. The van der Waals surface area contributed by atoms with Gasteiger partial charge in [0.2, 0.25) is 5.91 Å². The molecule has 4 fully saturated rings. The summed E-state index contributed by atoms with van der Waals surface area (Å²) >= 11 is 0. The number of hydrogen-bond donors (Lipinski definition) is 2. The molecule has 4 aliphatic rings. The van der Waals surface area contributed by atoms with Crippen molar-refractivity contribution in [1.29, 1.82) is 0 Å². The Morgan fingerprint density at radius 3 is 2.37 bits per heavy atom. The topological polar surface area (TPSA) is 44.9 Å². The molecule has 2 N–H and O–H groups in total. The van der Waals surface area contributed by atoms with Gasteiger partial charge in [0, 0.05) is 17.3 Å². The van der Waals surface area contributed by atoms with Crippen LogP contribution in [0.3, 0.4) is 0 Å². The number of aromatic amines is 1. The summed E-state index contributed by atoms with van der Waals surface area (Å²) in [6, 6.07) is 4.01. The van der Waals surface area contributed by atoms with Gasteiger partial charge in [-0.2, -0.15) is 0 Å². The summed E-state index contributed by atoms with van der Waals surface area (Å²) in [7, 11) is 0. The van der Waals surface area contributed by atoms with Crippen molar-refractivity contribution in [2.24, 2.45) is 23.2 Å². The number of H-pyrrole nitrogens is 1. The highest BCUT2D eigenvalue weighted by atomic mass is 16.2. The van der Waals surface area contributed by atoms with E-state index in [4.69, 9.17) is 0 Å². The summed E-state index contributed by atoms with van der Waals surface area (Å²) in [6.45, 7) is 0.646. The van der Waals surface area contributed by atoms with E-state index in [1.165, 1.54) is 19.3 Å². The minimum Gasteiger partial charge on any atom is -0.364 e. The summed E-state index contributed by atoms with van der Waals surface area (Å²) < 4.78 is 0. The second-order valence-electron chi connectivity index (χ2n) is 7.08. The van der Waals surface area contributed by atoms with Crippen LogP contribution in [0, 0.1) is 23.2 Å². The van der Waals surface area contributed by atoms with Gasteiger partial charge in [-0.3, -0.25) is 4.79 Å². The standard InChI is InChI=1S/C16H22N2O/c19-15(18-10-14-2-1-3-17-14)16-7-11-4-12(8-16)6-13(5-11)9-16/h1-3,11-13,17H,4-10H2,(H,18,19). The first-order chi connectivity index (χ1) is 9.23. The van der Waals surface area contributed by atoms with E-state index in [1.807, 2.05) is 18.3 Å². The molecule has 19 heavy (non-hydrogen) atoms. The van der Waals surface area contributed by atoms with Gasteiger partial charge < -0.3 is 10.3 Å². The molecule has 3 nitrogen and oxygen atoms in total. The van der Waals surface area contributed by atoms with E-state index in [-0.39, 0.29) is 5.41 Å². The lowest BCUT2D eigenvalue weighted by molar-refractivity contribution is -0.146. The van der Waals surface area contributed by atoms with E-state index in [0.717, 1.165) is 42.7 Å². The maximum atomic E-state index is 12.7. The fourth-order valence-electron chi connectivity index (χ4n) is 5.23. The first-order valence-electron chi connectivity index (χ1n) is 7.64. The molecule has 4 saturated carbocycles. The Labute approximate surface area is 114 Å². The lowest BCUT2D eigenvalue weighted by Gasteiger charge is -2.55. The Hall–Kier alpha value is -1.25. The van der Waals surface area contributed by atoms with Crippen molar-refractivity contribution in [1.82, 2.24) is 10.3 Å². The fourth-order valence-corrected chi connectivity index (χ4v) is 5.23. The Kier molecular flexibility index (Phi) is 2.51. The van der Waals surface area contributed by atoms with Gasteiger partial charge in [0.05, 0.1) is 6.54 Å². The smallest absolute Gasteiger partial charge is 0.226 e. The van der Waals surface area contributed by atoms with Crippen LogP contribution >= 0.6 is 0 Å². The largest absolute Gasteiger partial charge is 0.364 e. The Morgan fingerprint density at radius 2 is 1.84 bits per heavy atom. The molecule has 1 amide bonds. The second-order valence-corrected chi connectivity index (χ2v) is 7.08. The summed E-state index contributed by atoms with van der Waals surface area (Å²) in [5.74, 6) is 2.83. The number of amides is 1. The van der Waals surface area contributed by atoms with E-state index in [0.29, 0.717) is 12.5 Å². The van der Waals surface area contributed by atoms with Gasteiger partial charge in [-0.05, 0) is 68.4 Å². The highest BCUT2D eigenvalue weighted by Gasteiger charge is 2.54. The molecule has 0 radical (unpaired) electrons. The second kappa shape index (κ2) is 4.12. The minimum absolute atomic E-state index is 0.0126. The molecule has 4 aliphatic carbocycles.